The van der Waals surface area contributed by atoms with Crippen LogP contribution in [0.2, 0.25) is 0 Å². The average molecular weight is 416 g/mol. The number of rotatable bonds is 5. The number of alkyl halides is 3. The van der Waals surface area contributed by atoms with Crippen LogP contribution >= 0.6 is 0 Å². The van der Waals surface area contributed by atoms with Crippen molar-refractivity contribution in [2.75, 3.05) is 50.8 Å². The lowest BCUT2D eigenvalue weighted by Crippen LogP contribution is -2.54. The third-order valence-corrected chi connectivity index (χ3v) is 5.36. The SMILES string of the molecule is O=Nc1ccc(N2CCC(N3CCN(C(=O)O)CC3)CC2)cc1OCC(F)(F)F. The molecule has 2 fully saturated rings. The van der Waals surface area contributed by atoms with Crippen molar-refractivity contribution in [2.45, 2.75) is 25.1 Å². The minimum absolute atomic E-state index is 0.163. The Morgan fingerprint density at radius 1 is 1.14 bits per heavy atom. The molecule has 1 aromatic rings. The monoisotopic (exact) mass is 416 g/mol. The van der Waals surface area contributed by atoms with Gasteiger partial charge in [0.2, 0.25) is 0 Å². The number of piperidine rings is 1. The number of nitroso groups, excluding NO2 is 1. The maximum atomic E-state index is 12.4. The van der Waals surface area contributed by atoms with Crippen molar-refractivity contribution in [2.24, 2.45) is 5.18 Å². The number of benzene rings is 1. The number of carboxylic acid groups (broad SMARTS) is 1. The summed E-state index contributed by atoms with van der Waals surface area (Å²) in [6.45, 7) is 2.32. The summed E-state index contributed by atoms with van der Waals surface area (Å²) in [6.07, 6.45) is -3.67. The van der Waals surface area contributed by atoms with E-state index in [4.69, 9.17) is 9.84 Å². The second-order valence-corrected chi connectivity index (χ2v) is 7.17. The molecule has 0 radical (unpaired) electrons. The van der Waals surface area contributed by atoms with Crippen molar-refractivity contribution in [3.05, 3.63) is 23.1 Å². The van der Waals surface area contributed by atoms with Crippen LogP contribution in [0.5, 0.6) is 5.75 Å². The Morgan fingerprint density at radius 2 is 1.79 bits per heavy atom. The van der Waals surface area contributed by atoms with Gasteiger partial charge in [-0.3, -0.25) is 4.90 Å². The fourth-order valence-corrected chi connectivity index (χ4v) is 3.82. The highest BCUT2D eigenvalue weighted by molar-refractivity contribution is 5.65. The molecule has 160 valence electrons. The number of amides is 1. The third kappa shape index (κ3) is 5.49. The van der Waals surface area contributed by atoms with Crippen LogP contribution in [0.1, 0.15) is 12.8 Å². The van der Waals surface area contributed by atoms with Crippen LogP contribution in [-0.2, 0) is 0 Å². The molecule has 1 amide bonds. The van der Waals surface area contributed by atoms with Gasteiger partial charge >= 0.3 is 12.3 Å². The molecule has 11 heteroatoms. The Kier molecular flexibility index (Phi) is 6.46. The topological polar surface area (TPSA) is 85.7 Å². The summed E-state index contributed by atoms with van der Waals surface area (Å²) in [5.41, 5.74) is 0.521. The molecule has 2 aliphatic rings. The zero-order chi connectivity index (χ0) is 21.0. The number of carbonyl (C=O) groups is 1. The zero-order valence-electron chi connectivity index (χ0n) is 15.8. The Hall–Kier alpha value is -2.56. The number of ether oxygens (including phenoxy) is 1. The van der Waals surface area contributed by atoms with Gasteiger partial charge in [-0.05, 0) is 30.2 Å². The Labute approximate surface area is 165 Å². The number of halogens is 3. The lowest BCUT2D eigenvalue weighted by molar-refractivity contribution is -0.153. The molecule has 0 spiro atoms. The normalized spacial score (nSPS) is 19.3. The van der Waals surface area contributed by atoms with Gasteiger partial charge in [0.15, 0.2) is 12.4 Å². The van der Waals surface area contributed by atoms with E-state index < -0.39 is 18.9 Å². The van der Waals surface area contributed by atoms with E-state index in [0.29, 0.717) is 51.0 Å². The molecule has 2 aliphatic heterocycles. The van der Waals surface area contributed by atoms with E-state index >= 15 is 0 Å². The van der Waals surface area contributed by atoms with Crippen LogP contribution in [0, 0.1) is 4.91 Å². The number of piperazine rings is 1. The number of anilines is 1. The standard InChI is InChI=1S/C18H23F3N4O4/c19-18(20,21)12-29-16-11-14(1-2-15(16)22-28)23-5-3-13(4-6-23)24-7-9-25(10-8-24)17(26)27/h1-2,11,13H,3-10,12H2,(H,26,27). The predicted molar refractivity (Wildman–Crippen MR) is 99.9 cm³/mol. The number of hydrogen-bond acceptors (Lipinski definition) is 6. The lowest BCUT2D eigenvalue weighted by Gasteiger charge is -2.42. The second-order valence-electron chi connectivity index (χ2n) is 7.17. The number of hydrogen-bond donors (Lipinski definition) is 1. The van der Waals surface area contributed by atoms with Crippen LogP contribution in [0.3, 0.4) is 0 Å². The van der Waals surface area contributed by atoms with Gasteiger partial charge in [0.25, 0.3) is 0 Å². The molecule has 3 rings (SSSR count). The molecule has 8 nitrogen and oxygen atoms in total. The maximum absolute atomic E-state index is 12.4. The Balaban J connectivity index is 1.58. The van der Waals surface area contributed by atoms with Gasteiger partial charge in [-0.25, -0.2) is 4.79 Å². The van der Waals surface area contributed by atoms with Crippen molar-refractivity contribution in [1.82, 2.24) is 9.80 Å². The summed E-state index contributed by atoms with van der Waals surface area (Å²) in [7, 11) is 0. The minimum Gasteiger partial charge on any atom is -0.482 e. The highest BCUT2D eigenvalue weighted by Crippen LogP contribution is 2.34. The summed E-state index contributed by atoms with van der Waals surface area (Å²) >= 11 is 0. The summed E-state index contributed by atoms with van der Waals surface area (Å²) in [5.74, 6) is -0.179. The van der Waals surface area contributed by atoms with Gasteiger partial charge in [-0.15, -0.1) is 4.91 Å². The van der Waals surface area contributed by atoms with Crippen LogP contribution in [-0.4, -0.2) is 79.1 Å². The molecule has 0 aromatic heterocycles. The quantitative estimate of drug-likeness (QED) is 0.742. The highest BCUT2D eigenvalue weighted by Gasteiger charge is 2.30. The van der Waals surface area contributed by atoms with Gasteiger partial charge < -0.3 is 19.6 Å². The van der Waals surface area contributed by atoms with Crippen molar-refractivity contribution in [3.63, 3.8) is 0 Å². The molecule has 0 saturated carbocycles. The van der Waals surface area contributed by atoms with E-state index in [1.165, 1.54) is 17.0 Å². The highest BCUT2D eigenvalue weighted by atomic mass is 19.4. The third-order valence-electron chi connectivity index (χ3n) is 5.36. The van der Waals surface area contributed by atoms with Crippen LogP contribution in [0.25, 0.3) is 0 Å². The first-order valence-corrected chi connectivity index (χ1v) is 9.40. The smallest absolute Gasteiger partial charge is 0.422 e. The van der Waals surface area contributed by atoms with Crippen molar-refractivity contribution >= 4 is 17.5 Å². The van der Waals surface area contributed by atoms with Crippen molar-refractivity contribution in [3.8, 4) is 5.75 Å². The van der Waals surface area contributed by atoms with Gasteiger partial charge in [0.05, 0.1) is 0 Å². The fraction of sp³-hybridized carbons (Fsp3) is 0.611. The van der Waals surface area contributed by atoms with E-state index in [0.717, 1.165) is 12.8 Å². The molecular weight excluding hydrogens is 393 g/mol. The van der Waals surface area contributed by atoms with Crippen molar-refractivity contribution in [1.29, 1.82) is 0 Å². The molecular formula is C18H23F3N4O4. The van der Waals surface area contributed by atoms with E-state index in [9.17, 15) is 22.9 Å². The molecule has 29 heavy (non-hydrogen) atoms. The van der Waals surface area contributed by atoms with E-state index in [1.807, 2.05) is 4.90 Å². The summed E-state index contributed by atoms with van der Waals surface area (Å²) < 4.78 is 42.1. The second kappa shape index (κ2) is 8.85. The first-order chi connectivity index (χ1) is 13.8. The zero-order valence-corrected chi connectivity index (χ0v) is 15.8. The molecule has 1 N–H and O–H groups in total. The molecule has 1 aromatic carbocycles. The lowest BCUT2D eigenvalue weighted by atomic mass is 10.0. The molecule has 2 saturated heterocycles. The summed E-state index contributed by atoms with van der Waals surface area (Å²) in [4.78, 5) is 27.6. The molecule has 0 aliphatic carbocycles. The van der Waals surface area contributed by atoms with Gasteiger partial charge in [0, 0.05) is 57.1 Å². The predicted octanol–water partition coefficient (Wildman–Crippen LogP) is 3.29. The van der Waals surface area contributed by atoms with Crippen LogP contribution < -0.4 is 9.64 Å². The largest absolute Gasteiger partial charge is 0.482 e. The first-order valence-electron chi connectivity index (χ1n) is 9.40. The van der Waals surface area contributed by atoms with Crippen LogP contribution in [0.4, 0.5) is 29.3 Å². The van der Waals surface area contributed by atoms with E-state index in [-0.39, 0.29) is 11.4 Å². The average Bonchev–Trinajstić information content (AvgIpc) is 2.71. The van der Waals surface area contributed by atoms with E-state index in [1.54, 1.807) is 6.07 Å². The molecule has 0 bridgehead atoms. The first kappa shape index (κ1) is 21.2. The van der Waals surface area contributed by atoms with Gasteiger partial charge in [0.1, 0.15) is 5.69 Å². The fourth-order valence-electron chi connectivity index (χ4n) is 3.82. The molecule has 2 heterocycles. The van der Waals surface area contributed by atoms with Gasteiger partial charge in [-0.1, -0.05) is 0 Å². The number of nitrogens with zero attached hydrogens (tertiary/aromatic N) is 4. The summed E-state index contributed by atoms with van der Waals surface area (Å²) in [5, 5.41) is 11.8. The minimum atomic E-state index is -4.50. The Bertz CT molecular complexity index is 730. The summed E-state index contributed by atoms with van der Waals surface area (Å²) in [6, 6.07) is 4.79. The van der Waals surface area contributed by atoms with E-state index in [2.05, 4.69) is 10.1 Å². The maximum Gasteiger partial charge on any atom is 0.422 e. The van der Waals surface area contributed by atoms with Gasteiger partial charge in [-0.2, -0.15) is 13.2 Å². The molecule has 0 atom stereocenters. The van der Waals surface area contributed by atoms with Crippen LogP contribution in [0.15, 0.2) is 23.4 Å². The van der Waals surface area contributed by atoms with Crippen molar-refractivity contribution < 1.29 is 27.8 Å². The molecule has 0 unspecified atom stereocenters. The Morgan fingerprint density at radius 3 is 2.34 bits per heavy atom.